The topological polar surface area (TPSA) is 0 Å². The van der Waals surface area contributed by atoms with Crippen LogP contribution in [0.25, 0.3) is 6.08 Å². The summed E-state index contributed by atoms with van der Waals surface area (Å²) in [4.78, 5) is 0. The van der Waals surface area contributed by atoms with E-state index in [1.54, 1.807) is 0 Å². The van der Waals surface area contributed by atoms with Gasteiger partial charge in [-0.3, -0.25) is 0 Å². The summed E-state index contributed by atoms with van der Waals surface area (Å²) < 4.78 is 0. The second-order valence-corrected chi connectivity index (χ2v) is 4.76. The van der Waals surface area contributed by atoms with Crippen LogP contribution in [0.1, 0.15) is 69.1 Å². The van der Waals surface area contributed by atoms with E-state index in [1.807, 2.05) is 6.08 Å². The van der Waals surface area contributed by atoms with E-state index in [4.69, 9.17) is 0 Å². The fourth-order valence-corrected chi connectivity index (χ4v) is 1.86. The number of rotatable bonds is 5. The minimum absolute atomic E-state index is 0.641. The second-order valence-electron chi connectivity index (χ2n) is 4.76. The SMILES string of the molecule is C=Cc1cc(C(C)CC)cc(C(C)CC)c1. The molecule has 0 aromatic heterocycles. The zero-order valence-electron chi connectivity index (χ0n) is 11.1. The highest BCUT2D eigenvalue weighted by atomic mass is 14.1. The summed E-state index contributed by atoms with van der Waals surface area (Å²) in [6.07, 6.45) is 4.35. The molecule has 0 aliphatic rings. The van der Waals surface area contributed by atoms with Crippen LogP contribution in [0.3, 0.4) is 0 Å². The van der Waals surface area contributed by atoms with Crippen molar-refractivity contribution in [1.82, 2.24) is 0 Å². The van der Waals surface area contributed by atoms with Gasteiger partial charge in [0.25, 0.3) is 0 Å². The van der Waals surface area contributed by atoms with Gasteiger partial charge in [-0.05, 0) is 41.4 Å². The Morgan fingerprint density at radius 1 is 1.00 bits per heavy atom. The molecule has 0 aliphatic carbocycles. The summed E-state index contributed by atoms with van der Waals surface area (Å²) in [5.74, 6) is 1.28. The average molecular weight is 216 g/mol. The van der Waals surface area contributed by atoms with E-state index in [-0.39, 0.29) is 0 Å². The van der Waals surface area contributed by atoms with Crippen molar-refractivity contribution in [3.05, 3.63) is 41.5 Å². The van der Waals surface area contributed by atoms with E-state index in [0.29, 0.717) is 11.8 Å². The predicted octanol–water partition coefficient (Wildman–Crippen LogP) is 5.36. The third-order valence-corrected chi connectivity index (χ3v) is 3.60. The van der Waals surface area contributed by atoms with Crippen LogP contribution in [0.2, 0.25) is 0 Å². The number of hydrogen-bond acceptors (Lipinski definition) is 0. The number of hydrogen-bond donors (Lipinski definition) is 0. The highest BCUT2D eigenvalue weighted by Gasteiger charge is 2.09. The Balaban J connectivity index is 3.15. The molecular weight excluding hydrogens is 192 g/mol. The maximum atomic E-state index is 3.88. The summed E-state index contributed by atoms with van der Waals surface area (Å²) in [6, 6.07) is 6.91. The van der Waals surface area contributed by atoms with Gasteiger partial charge in [0.1, 0.15) is 0 Å². The molecule has 0 nitrogen and oxygen atoms in total. The van der Waals surface area contributed by atoms with Crippen LogP contribution in [0.15, 0.2) is 24.8 Å². The van der Waals surface area contributed by atoms with E-state index < -0.39 is 0 Å². The first-order valence-corrected chi connectivity index (χ1v) is 6.39. The van der Waals surface area contributed by atoms with Crippen molar-refractivity contribution in [2.75, 3.05) is 0 Å². The van der Waals surface area contributed by atoms with Gasteiger partial charge < -0.3 is 0 Å². The Kier molecular flexibility index (Phi) is 4.79. The van der Waals surface area contributed by atoms with Crippen LogP contribution in [0.4, 0.5) is 0 Å². The van der Waals surface area contributed by atoms with Gasteiger partial charge in [0.05, 0.1) is 0 Å². The molecule has 0 heteroatoms. The molecule has 16 heavy (non-hydrogen) atoms. The van der Waals surface area contributed by atoms with Crippen molar-refractivity contribution in [2.45, 2.75) is 52.4 Å². The lowest BCUT2D eigenvalue weighted by Crippen LogP contribution is -1.98. The van der Waals surface area contributed by atoms with Gasteiger partial charge in [0, 0.05) is 0 Å². The molecule has 2 unspecified atom stereocenters. The highest BCUT2D eigenvalue weighted by Crippen LogP contribution is 2.27. The quantitative estimate of drug-likeness (QED) is 0.622. The summed E-state index contributed by atoms with van der Waals surface area (Å²) >= 11 is 0. The largest absolute Gasteiger partial charge is 0.0985 e. The number of benzene rings is 1. The first-order valence-electron chi connectivity index (χ1n) is 6.39. The Morgan fingerprint density at radius 2 is 1.44 bits per heavy atom. The van der Waals surface area contributed by atoms with Gasteiger partial charge >= 0.3 is 0 Å². The van der Waals surface area contributed by atoms with E-state index in [2.05, 4.69) is 52.5 Å². The smallest absolute Gasteiger partial charge is 0.0193 e. The van der Waals surface area contributed by atoms with Crippen LogP contribution < -0.4 is 0 Å². The van der Waals surface area contributed by atoms with E-state index in [9.17, 15) is 0 Å². The zero-order valence-corrected chi connectivity index (χ0v) is 11.1. The Hall–Kier alpha value is -1.04. The van der Waals surface area contributed by atoms with Crippen LogP contribution in [0.5, 0.6) is 0 Å². The second kappa shape index (κ2) is 5.89. The maximum Gasteiger partial charge on any atom is -0.0193 e. The fraction of sp³-hybridized carbons (Fsp3) is 0.500. The van der Waals surface area contributed by atoms with Crippen LogP contribution >= 0.6 is 0 Å². The molecule has 1 aromatic carbocycles. The van der Waals surface area contributed by atoms with Crippen molar-refractivity contribution in [2.24, 2.45) is 0 Å². The lowest BCUT2D eigenvalue weighted by molar-refractivity contribution is 0.711. The van der Waals surface area contributed by atoms with Gasteiger partial charge in [-0.2, -0.15) is 0 Å². The molecule has 0 saturated carbocycles. The summed E-state index contributed by atoms with van der Waals surface area (Å²) in [6.45, 7) is 13.0. The summed E-state index contributed by atoms with van der Waals surface area (Å²) in [5.41, 5.74) is 4.17. The zero-order chi connectivity index (χ0) is 12.1. The molecule has 0 aliphatic heterocycles. The Labute approximate surface area is 100 Å². The molecular formula is C16H24. The lowest BCUT2D eigenvalue weighted by Gasteiger charge is -2.16. The Bertz CT molecular complexity index is 321. The minimum atomic E-state index is 0.641. The molecule has 0 fully saturated rings. The van der Waals surface area contributed by atoms with Gasteiger partial charge in [0.2, 0.25) is 0 Å². The molecule has 0 spiro atoms. The van der Waals surface area contributed by atoms with Crippen LogP contribution in [-0.2, 0) is 0 Å². The van der Waals surface area contributed by atoms with E-state index in [1.165, 1.54) is 29.5 Å². The van der Waals surface area contributed by atoms with Crippen LogP contribution in [0, 0.1) is 0 Å². The molecule has 0 radical (unpaired) electrons. The van der Waals surface area contributed by atoms with Crippen molar-refractivity contribution in [3.63, 3.8) is 0 Å². The molecule has 88 valence electrons. The van der Waals surface area contributed by atoms with Crippen molar-refractivity contribution >= 4 is 6.08 Å². The Morgan fingerprint density at radius 3 is 1.75 bits per heavy atom. The first-order chi connectivity index (χ1) is 7.62. The monoisotopic (exact) mass is 216 g/mol. The summed E-state index contributed by atoms with van der Waals surface area (Å²) in [7, 11) is 0. The normalized spacial score (nSPS) is 14.5. The molecule has 1 aromatic rings. The minimum Gasteiger partial charge on any atom is -0.0985 e. The molecule has 2 atom stereocenters. The van der Waals surface area contributed by atoms with E-state index >= 15 is 0 Å². The molecule has 0 amide bonds. The summed E-state index contributed by atoms with van der Waals surface area (Å²) in [5, 5.41) is 0. The predicted molar refractivity (Wildman–Crippen MR) is 73.9 cm³/mol. The van der Waals surface area contributed by atoms with Crippen molar-refractivity contribution in [3.8, 4) is 0 Å². The third kappa shape index (κ3) is 2.98. The third-order valence-electron chi connectivity index (χ3n) is 3.60. The lowest BCUT2D eigenvalue weighted by atomic mass is 9.90. The molecule has 0 saturated heterocycles. The molecule has 0 heterocycles. The van der Waals surface area contributed by atoms with Gasteiger partial charge in [-0.25, -0.2) is 0 Å². The fourth-order valence-electron chi connectivity index (χ4n) is 1.86. The molecule has 1 rings (SSSR count). The average Bonchev–Trinajstić information content (AvgIpc) is 2.35. The van der Waals surface area contributed by atoms with Gasteiger partial charge in [-0.1, -0.05) is 58.5 Å². The van der Waals surface area contributed by atoms with Crippen LogP contribution in [-0.4, -0.2) is 0 Å². The standard InChI is InChI=1S/C16H24/c1-6-12(4)15-9-14(8-3)10-16(11-15)13(5)7-2/h8-13H,3,6-7H2,1-2,4-5H3. The highest BCUT2D eigenvalue weighted by molar-refractivity contribution is 5.51. The maximum absolute atomic E-state index is 3.88. The van der Waals surface area contributed by atoms with Crippen molar-refractivity contribution in [1.29, 1.82) is 0 Å². The van der Waals surface area contributed by atoms with Gasteiger partial charge in [-0.15, -0.1) is 0 Å². The van der Waals surface area contributed by atoms with Gasteiger partial charge in [0.15, 0.2) is 0 Å². The molecule has 0 N–H and O–H groups in total. The molecule has 0 bridgehead atoms. The first kappa shape index (κ1) is 13.0. The van der Waals surface area contributed by atoms with Crippen molar-refractivity contribution < 1.29 is 0 Å². The van der Waals surface area contributed by atoms with E-state index in [0.717, 1.165) is 0 Å².